The third-order valence-corrected chi connectivity index (χ3v) is 5.10. The Morgan fingerprint density at radius 2 is 1.31 bits per heavy atom. The molecule has 0 bridgehead atoms. The summed E-state index contributed by atoms with van der Waals surface area (Å²) >= 11 is 0. The van der Waals surface area contributed by atoms with Crippen molar-refractivity contribution < 1.29 is 38.6 Å². The van der Waals surface area contributed by atoms with E-state index in [-0.39, 0.29) is 0 Å². The van der Waals surface area contributed by atoms with Crippen LogP contribution in [0.15, 0.2) is 0 Å². The van der Waals surface area contributed by atoms with E-state index >= 15 is 0 Å². The smallest absolute Gasteiger partial charge is 0.362 e. The first-order chi connectivity index (χ1) is 5.44. The van der Waals surface area contributed by atoms with Gasteiger partial charge in [-0.3, -0.25) is 13.9 Å². The monoisotopic (exact) mass is 234 g/mol. The Morgan fingerprint density at radius 3 is 1.31 bits per heavy atom. The Hall–Kier alpha value is -0.0700. The molecular weight excluding hydrogens is 226 g/mol. The molecule has 0 radical (unpaired) electrons. The van der Waals surface area contributed by atoms with Crippen LogP contribution in [0.2, 0.25) is 0 Å². The predicted molar refractivity (Wildman–Crippen MR) is 39.7 cm³/mol. The molecule has 0 aliphatic rings. The minimum atomic E-state index is -5.62. The number of ketones is 1. The van der Waals surface area contributed by atoms with Crippen LogP contribution in [0.3, 0.4) is 0 Å². The normalized spacial score (nSPS) is 14.3. The summed E-state index contributed by atoms with van der Waals surface area (Å²) in [5.41, 5.74) is 0. The van der Waals surface area contributed by atoms with Gasteiger partial charge in [0.05, 0.1) is 0 Å². The molecule has 0 aromatic heterocycles. The Balaban J connectivity index is 5.64. The maximum Gasteiger partial charge on any atom is 0.377 e. The van der Waals surface area contributed by atoms with Crippen molar-refractivity contribution >= 4 is 21.0 Å². The van der Waals surface area contributed by atoms with Gasteiger partial charge in [-0.15, -0.1) is 0 Å². The molecule has 0 unspecified atom stereocenters. The lowest BCUT2D eigenvalue weighted by molar-refractivity contribution is -0.124. The highest BCUT2D eigenvalue weighted by Crippen LogP contribution is 2.67. The van der Waals surface area contributed by atoms with E-state index in [1.54, 1.807) is 0 Å². The fourth-order valence-corrected chi connectivity index (χ4v) is 2.76. The molecule has 0 aliphatic carbocycles. The van der Waals surface area contributed by atoms with Crippen LogP contribution in [-0.2, 0) is 13.9 Å². The van der Waals surface area contributed by atoms with Crippen LogP contribution in [0.1, 0.15) is 6.92 Å². The van der Waals surface area contributed by atoms with E-state index in [4.69, 9.17) is 24.7 Å². The van der Waals surface area contributed by atoms with Crippen molar-refractivity contribution in [2.45, 2.75) is 12.0 Å². The summed E-state index contributed by atoms with van der Waals surface area (Å²) in [6.07, 6.45) is 0. The molecule has 0 heterocycles. The maximum absolute atomic E-state index is 10.5. The number of aliphatic hydroxyl groups is 1. The Morgan fingerprint density at radius 1 is 1.08 bits per heavy atom. The Labute approximate surface area is 72.5 Å². The minimum Gasteiger partial charge on any atom is -0.362 e. The fourth-order valence-electron chi connectivity index (χ4n) is 0.580. The molecular formula is C3H8O8P2. The average Bonchev–Trinajstić information content (AvgIpc) is 1.80. The Kier molecular flexibility index (Phi) is 3.24. The molecule has 0 saturated heterocycles. The molecule has 8 nitrogen and oxygen atoms in total. The Bertz CT molecular complexity index is 285. The van der Waals surface area contributed by atoms with Gasteiger partial charge in [0.1, 0.15) is 0 Å². The van der Waals surface area contributed by atoms with Crippen molar-refractivity contribution in [2.75, 3.05) is 0 Å². The van der Waals surface area contributed by atoms with Crippen molar-refractivity contribution in [3.8, 4) is 0 Å². The van der Waals surface area contributed by atoms with Gasteiger partial charge >= 0.3 is 20.3 Å². The number of carbonyl (C=O) groups is 1. The largest absolute Gasteiger partial charge is 0.377 e. The molecule has 78 valence electrons. The average molecular weight is 234 g/mol. The van der Waals surface area contributed by atoms with Crippen LogP contribution in [0.5, 0.6) is 0 Å². The third-order valence-electron chi connectivity index (χ3n) is 1.28. The van der Waals surface area contributed by atoms with Gasteiger partial charge < -0.3 is 24.7 Å². The molecule has 0 fully saturated rings. The van der Waals surface area contributed by atoms with Crippen molar-refractivity contribution in [1.82, 2.24) is 0 Å². The van der Waals surface area contributed by atoms with E-state index in [1.807, 2.05) is 0 Å². The van der Waals surface area contributed by atoms with Gasteiger partial charge in [-0.2, -0.15) is 0 Å². The molecule has 0 aromatic rings. The quantitative estimate of drug-likeness (QED) is 0.373. The van der Waals surface area contributed by atoms with Crippen LogP contribution >= 0.6 is 15.2 Å². The van der Waals surface area contributed by atoms with Crippen LogP contribution < -0.4 is 0 Å². The predicted octanol–water partition coefficient (Wildman–Crippen LogP) is -1.42. The highest BCUT2D eigenvalue weighted by atomic mass is 31.2. The van der Waals surface area contributed by atoms with Gasteiger partial charge in [-0.1, -0.05) is 0 Å². The molecule has 0 aromatic carbocycles. The highest BCUT2D eigenvalue weighted by molar-refractivity contribution is 7.73. The molecule has 0 aliphatic heterocycles. The van der Waals surface area contributed by atoms with Gasteiger partial charge in [0.25, 0.3) is 0 Å². The minimum absolute atomic E-state index is 0.470. The second kappa shape index (κ2) is 3.25. The van der Waals surface area contributed by atoms with E-state index in [0.29, 0.717) is 6.92 Å². The second-order valence-corrected chi connectivity index (χ2v) is 6.10. The summed E-state index contributed by atoms with van der Waals surface area (Å²) in [4.78, 5) is 44.1. The van der Waals surface area contributed by atoms with Crippen molar-refractivity contribution in [3.63, 3.8) is 0 Å². The zero-order valence-corrected chi connectivity index (χ0v) is 8.14. The lowest BCUT2D eigenvalue weighted by atomic mass is 10.5. The molecule has 10 heteroatoms. The first-order valence-electron chi connectivity index (χ1n) is 2.79. The number of hydrogen-bond donors (Lipinski definition) is 5. The number of hydrogen-bond acceptors (Lipinski definition) is 4. The van der Waals surface area contributed by atoms with Gasteiger partial charge in [0.2, 0.25) is 0 Å². The standard InChI is InChI=1S/C3H8O8P2/c1-2(4)3(5,12(6,7)8)13(9,10)11/h5H,1H3,(H2,6,7,8)(H2,9,10,11). The molecule has 5 N–H and O–H groups in total. The third kappa shape index (κ3) is 2.05. The topological polar surface area (TPSA) is 152 Å². The van der Waals surface area contributed by atoms with Crippen LogP contribution in [-0.4, -0.2) is 35.5 Å². The molecule has 0 amide bonds. The molecule has 0 spiro atoms. The van der Waals surface area contributed by atoms with Crippen LogP contribution in [0.25, 0.3) is 0 Å². The van der Waals surface area contributed by atoms with Gasteiger partial charge in [0.15, 0.2) is 5.78 Å². The van der Waals surface area contributed by atoms with Crippen molar-refractivity contribution in [3.05, 3.63) is 0 Å². The zero-order valence-electron chi connectivity index (χ0n) is 6.36. The molecule has 0 atom stereocenters. The summed E-state index contributed by atoms with van der Waals surface area (Å²) in [5.74, 6) is -1.69. The lowest BCUT2D eigenvalue weighted by Gasteiger charge is -2.26. The molecule has 13 heavy (non-hydrogen) atoms. The first-order valence-corrected chi connectivity index (χ1v) is 6.01. The molecule has 0 rings (SSSR count). The highest BCUT2D eigenvalue weighted by Gasteiger charge is 2.63. The first kappa shape index (κ1) is 12.9. The number of rotatable bonds is 3. The van der Waals surface area contributed by atoms with Gasteiger partial charge in [0, 0.05) is 0 Å². The molecule has 0 saturated carbocycles. The summed E-state index contributed by atoms with van der Waals surface area (Å²) in [7, 11) is -11.2. The van der Waals surface area contributed by atoms with Crippen LogP contribution in [0, 0.1) is 0 Å². The summed E-state index contributed by atoms with van der Waals surface area (Å²) in [6.45, 7) is 0.470. The van der Waals surface area contributed by atoms with E-state index in [0.717, 1.165) is 0 Å². The summed E-state index contributed by atoms with van der Waals surface area (Å²) < 4.78 is 20.9. The van der Waals surface area contributed by atoms with Crippen molar-refractivity contribution in [1.29, 1.82) is 0 Å². The lowest BCUT2D eigenvalue weighted by Crippen LogP contribution is -2.36. The number of Topliss-reactive ketones (excluding diaryl/α,β-unsaturated/α-hetero) is 1. The van der Waals surface area contributed by atoms with E-state index in [2.05, 4.69) is 0 Å². The van der Waals surface area contributed by atoms with Gasteiger partial charge in [-0.05, 0) is 6.92 Å². The number of carbonyl (C=O) groups excluding carboxylic acids is 1. The van der Waals surface area contributed by atoms with E-state index < -0.39 is 26.1 Å². The summed E-state index contributed by atoms with van der Waals surface area (Å²) in [5, 5.41) is 4.96. The van der Waals surface area contributed by atoms with Gasteiger partial charge in [-0.25, -0.2) is 0 Å². The summed E-state index contributed by atoms with van der Waals surface area (Å²) in [6, 6.07) is 0. The SMILES string of the molecule is CC(=O)C(O)(P(=O)(O)O)P(=O)(O)O. The van der Waals surface area contributed by atoms with Crippen LogP contribution in [0.4, 0.5) is 0 Å². The second-order valence-electron chi connectivity index (χ2n) is 2.28. The van der Waals surface area contributed by atoms with E-state index in [9.17, 15) is 13.9 Å². The fraction of sp³-hybridized carbons (Fsp3) is 0.667. The maximum atomic E-state index is 10.5. The zero-order chi connectivity index (χ0) is 11.1. The van der Waals surface area contributed by atoms with E-state index in [1.165, 1.54) is 0 Å². The van der Waals surface area contributed by atoms with Crippen molar-refractivity contribution in [2.24, 2.45) is 0 Å².